The normalized spacial score (nSPS) is 19.9. The maximum Gasteiger partial charge on any atom is 0.408 e. The Kier molecular flexibility index (Phi) is 11.1. The Morgan fingerprint density at radius 1 is 1.02 bits per heavy atom. The van der Waals surface area contributed by atoms with Gasteiger partial charge < -0.3 is 45.1 Å². The van der Waals surface area contributed by atoms with Gasteiger partial charge in [-0.05, 0) is 70.9 Å². The highest BCUT2D eigenvalue weighted by atomic mass is 16.6. The summed E-state index contributed by atoms with van der Waals surface area (Å²) in [5.41, 5.74) is -3.16. The predicted molar refractivity (Wildman–Crippen MR) is 165 cm³/mol. The largest absolute Gasteiger partial charge is 0.504 e. The molecular formula is C31H37N5O12. The third-order valence-electron chi connectivity index (χ3n) is 6.46. The highest BCUT2D eigenvalue weighted by Crippen LogP contribution is 2.44. The molecule has 17 heteroatoms. The van der Waals surface area contributed by atoms with Gasteiger partial charge in [0.15, 0.2) is 17.5 Å². The maximum absolute atomic E-state index is 13.6. The number of esters is 1. The minimum atomic E-state index is -1.97. The lowest BCUT2D eigenvalue weighted by molar-refractivity contribution is -0.385. The summed E-state index contributed by atoms with van der Waals surface area (Å²) in [7, 11) is 1.18. The second-order valence-corrected chi connectivity index (χ2v) is 12.6. The number of aromatic hydroxyl groups is 1. The maximum atomic E-state index is 13.6. The molecule has 17 nitrogen and oxygen atoms in total. The fraction of sp³-hybridized carbons (Fsp3) is 0.452. The number of fused-ring (bicyclic) bond motifs is 9. The summed E-state index contributed by atoms with van der Waals surface area (Å²) in [6, 6.07) is 1.87. The van der Waals surface area contributed by atoms with Gasteiger partial charge >= 0.3 is 17.7 Å². The molecule has 0 radical (unpaired) electrons. The number of phenolic OH excluding ortho intramolecular Hbond substituents is 1. The third-order valence-corrected chi connectivity index (χ3v) is 6.46. The van der Waals surface area contributed by atoms with Crippen LogP contribution in [-0.2, 0) is 23.9 Å². The van der Waals surface area contributed by atoms with E-state index in [1.165, 1.54) is 19.2 Å². The molecule has 4 bridgehead atoms. The van der Waals surface area contributed by atoms with E-state index in [4.69, 9.17) is 18.9 Å². The van der Waals surface area contributed by atoms with Crippen LogP contribution in [0.5, 0.6) is 23.0 Å². The Hall–Kier alpha value is -5.63. The zero-order valence-electron chi connectivity index (χ0n) is 27.3. The Balaban J connectivity index is 2.30. The number of nitrogens with one attached hydrogen (secondary N) is 3. The van der Waals surface area contributed by atoms with Crippen molar-refractivity contribution in [1.82, 2.24) is 16.0 Å². The molecule has 0 saturated carbocycles. The molecule has 3 amide bonds. The Morgan fingerprint density at radius 3 is 2.23 bits per heavy atom. The van der Waals surface area contributed by atoms with Crippen LogP contribution in [0, 0.1) is 21.4 Å². The van der Waals surface area contributed by atoms with E-state index in [2.05, 4.69) is 16.0 Å². The molecule has 2 aromatic carbocycles. The molecule has 2 aliphatic heterocycles. The molecule has 2 heterocycles. The smallest absolute Gasteiger partial charge is 0.408 e. The van der Waals surface area contributed by atoms with Crippen molar-refractivity contribution >= 4 is 29.6 Å². The fourth-order valence-corrected chi connectivity index (χ4v) is 4.48. The molecule has 0 fully saturated rings. The minimum Gasteiger partial charge on any atom is -0.504 e. The van der Waals surface area contributed by atoms with Crippen LogP contribution in [-0.4, -0.2) is 69.4 Å². The first-order chi connectivity index (χ1) is 22.2. The summed E-state index contributed by atoms with van der Waals surface area (Å²) in [6.45, 7) is 9.32. The number of aliphatic hydroxyl groups excluding tert-OH is 1. The third kappa shape index (κ3) is 9.22. The van der Waals surface area contributed by atoms with Crippen LogP contribution < -0.4 is 25.4 Å². The standard InChI is InChI=1S/C31H37N5O12/c1-30(2,3)47-28(41)22-16-13-19(37)25(45-7)21(14-16)46-20-9-8-15(12-18(20)36(43)44)24(38)23(35-29(42)48-31(4,5)6)27(40)33-17(10-11-32)26(39)34-22/h8-9,12-14,17,22-24,37-38H,10H2,1-7H3,(H,33,40)(H,34,39)(H,35,42)/t17-,22-,23-,24+/m1/s1. The molecule has 0 spiro atoms. The number of nitrogens with zero attached hydrogens (tertiary/aromatic N) is 2. The summed E-state index contributed by atoms with van der Waals surface area (Å²) in [6.07, 6.45) is -3.77. The first kappa shape index (κ1) is 36.8. The monoisotopic (exact) mass is 671 g/mol. The lowest BCUT2D eigenvalue weighted by Gasteiger charge is -2.29. The lowest BCUT2D eigenvalue weighted by atomic mass is 9.99. The van der Waals surface area contributed by atoms with Crippen LogP contribution in [0.4, 0.5) is 10.5 Å². The van der Waals surface area contributed by atoms with E-state index in [0.717, 1.165) is 18.2 Å². The van der Waals surface area contributed by atoms with E-state index in [-0.39, 0.29) is 22.6 Å². The summed E-state index contributed by atoms with van der Waals surface area (Å²) in [4.78, 5) is 64.7. The molecule has 0 aromatic heterocycles. The molecule has 4 atom stereocenters. The van der Waals surface area contributed by atoms with Crippen LogP contribution in [0.2, 0.25) is 0 Å². The number of carbonyl (C=O) groups is 4. The number of hydrogen-bond donors (Lipinski definition) is 5. The number of amides is 3. The summed E-state index contributed by atoms with van der Waals surface area (Å²) >= 11 is 0. The molecule has 2 aromatic rings. The number of alkyl carbamates (subject to hydrolysis) is 1. The van der Waals surface area contributed by atoms with Crippen molar-refractivity contribution in [3.8, 4) is 29.1 Å². The van der Waals surface area contributed by atoms with Crippen molar-refractivity contribution in [2.24, 2.45) is 0 Å². The van der Waals surface area contributed by atoms with Gasteiger partial charge in [-0.1, -0.05) is 6.07 Å². The first-order valence-corrected chi connectivity index (χ1v) is 14.5. The number of rotatable bonds is 5. The van der Waals surface area contributed by atoms with Crippen LogP contribution in [0.3, 0.4) is 0 Å². The van der Waals surface area contributed by atoms with Gasteiger partial charge in [-0.3, -0.25) is 19.7 Å². The number of benzene rings is 2. The van der Waals surface area contributed by atoms with Crippen LogP contribution in [0.1, 0.15) is 71.2 Å². The van der Waals surface area contributed by atoms with Crippen molar-refractivity contribution in [2.45, 2.75) is 83.4 Å². The molecule has 0 saturated heterocycles. The van der Waals surface area contributed by atoms with E-state index in [1.54, 1.807) is 47.6 Å². The van der Waals surface area contributed by atoms with Crippen molar-refractivity contribution in [2.75, 3.05) is 7.11 Å². The number of aliphatic hydroxyl groups is 1. The molecule has 0 aliphatic carbocycles. The summed E-state index contributed by atoms with van der Waals surface area (Å²) in [5, 5.41) is 50.7. The van der Waals surface area contributed by atoms with E-state index in [0.29, 0.717) is 0 Å². The molecule has 258 valence electrons. The van der Waals surface area contributed by atoms with E-state index < -0.39 is 87.8 Å². The SMILES string of the molecule is COc1c(O)cc2cc1Oc1ccc(cc1[N+](=O)[O-])[C@H](O)[C@@H](NC(=O)OC(C)(C)C)C(=O)N[C@H](CC#N)C(=O)N[C@H]2C(=O)OC(C)(C)C. The molecule has 2 aliphatic rings. The second-order valence-electron chi connectivity index (χ2n) is 12.6. The fourth-order valence-electron chi connectivity index (χ4n) is 4.48. The van der Waals surface area contributed by atoms with Gasteiger partial charge in [0.2, 0.25) is 23.3 Å². The highest BCUT2D eigenvalue weighted by Gasteiger charge is 2.38. The van der Waals surface area contributed by atoms with Crippen molar-refractivity contribution in [3.05, 3.63) is 51.6 Å². The number of nitriles is 1. The zero-order valence-corrected chi connectivity index (χ0v) is 27.3. The Labute approximate surface area is 275 Å². The summed E-state index contributed by atoms with van der Waals surface area (Å²) in [5.74, 6) is -4.86. The van der Waals surface area contributed by atoms with E-state index in [1.807, 2.05) is 0 Å². The van der Waals surface area contributed by atoms with Crippen LogP contribution >= 0.6 is 0 Å². The molecule has 0 unspecified atom stereocenters. The molecule has 4 rings (SSSR count). The Bertz CT molecular complexity index is 1640. The minimum absolute atomic E-state index is 0.126. The summed E-state index contributed by atoms with van der Waals surface area (Å²) < 4.78 is 21.7. The van der Waals surface area contributed by atoms with Gasteiger partial charge in [0.05, 0.1) is 24.5 Å². The van der Waals surface area contributed by atoms with Crippen LogP contribution in [0.15, 0.2) is 30.3 Å². The van der Waals surface area contributed by atoms with Gasteiger partial charge in [-0.15, -0.1) is 0 Å². The number of nitro groups is 1. The second kappa shape index (κ2) is 14.4. The van der Waals surface area contributed by atoms with Crippen LogP contribution in [0.25, 0.3) is 0 Å². The van der Waals surface area contributed by atoms with Crippen molar-refractivity contribution in [3.63, 3.8) is 0 Å². The van der Waals surface area contributed by atoms with Gasteiger partial charge in [-0.25, -0.2) is 9.59 Å². The van der Waals surface area contributed by atoms with Crippen molar-refractivity contribution in [1.29, 1.82) is 5.26 Å². The molecule has 48 heavy (non-hydrogen) atoms. The number of ether oxygens (including phenoxy) is 4. The topological polar surface area (TPSA) is 249 Å². The number of nitro benzene ring substituents is 1. The highest BCUT2D eigenvalue weighted by molar-refractivity contribution is 5.94. The number of hydrogen-bond acceptors (Lipinski definition) is 13. The van der Waals surface area contributed by atoms with E-state index >= 15 is 0 Å². The zero-order chi connectivity index (χ0) is 36.1. The number of phenols is 1. The number of carbonyl (C=O) groups excluding carboxylic acids is 4. The average molecular weight is 672 g/mol. The lowest BCUT2D eigenvalue weighted by Crippen LogP contribution is -2.56. The predicted octanol–water partition coefficient (Wildman–Crippen LogP) is 2.94. The quantitative estimate of drug-likeness (QED) is 0.174. The van der Waals surface area contributed by atoms with Gasteiger partial charge in [-0.2, -0.15) is 5.26 Å². The molecule has 5 N–H and O–H groups in total. The van der Waals surface area contributed by atoms with Gasteiger partial charge in [0.1, 0.15) is 29.4 Å². The van der Waals surface area contributed by atoms with Gasteiger partial charge in [0.25, 0.3) is 0 Å². The number of methoxy groups -OCH3 is 1. The Morgan fingerprint density at radius 2 is 1.67 bits per heavy atom. The van der Waals surface area contributed by atoms with Gasteiger partial charge in [0, 0.05) is 6.07 Å². The molecular weight excluding hydrogens is 634 g/mol. The van der Waals surface area contributed by atoms with E-state index in [9.17, 15) is 44.8 Å². The first-order valence-electron chi connectivity index (χ1n) is 14.5. The average Bonchev–Trinajstić information content (AvgIpc) is 2.95. The van der Waals surface area contributed by atoms with Crippen molar-refractivity contribution < 1.29 is 53.3 Å².